The van der Waals surface area contributed by atoms with Crippen molar-refractivity contribution in [3.05, 3.63) is 35.0 Å². The highest BCUT2D eigenvalue weighted by molar-refractivity contribution is 6.34. The van der Waals surface area contributed by atoms with E-state index in [0.29, 0.717) is 10.9 Å². The van der Waals surface area contributed by atoms with Crippen LogP contribution in [0.2, 0.25) is 5.02 Å². The van der Waals surface area contributed by atoms with Crippen LogP contribution in [0.1, 0.15) is 31.6 Å². The van der Waals surface area contributed by atoms with Crippen LogP contribution in [0.15, 0.2) is 28.7 Å². The summed E-state index contributed by atoms with van der Waals surface area (Å²) in [6.45, 7) is 2.30. The fourth-order valence-electron chi connectivity index (χ4n) is 2.76. The predicted octanol–water partition coefficient (Wildman–Crippen LogP) is 4.39. The van der Waals surface area contributed by atoms with Gasteiger partial charge in [-0.2, -0.15) is 0 Å². The van der Waals surface area contributed by atoms with Gasteiger partial charge < -0.3 is 9.73 Å². The van der Waals surface area contributed by atoms with Gasteiger partial charge in [-0.3, -0.25) is 0 Å². The van der Waals surface area contributed by atoms with Crippen LogP contribution in [0, 0.1) is 11.8 Å². The molecule has 1 aliphatic carbocycles. The molecule has 0 aliphatic heterocycles. The summed E-state index contributed by atoms with van der Waals surface area (Å²) in [4.78, 5) is 0. The standard InChI is InChI=1S/C15H18ClNO/c1-9(10-6-7-10)14(17-2)13-8-11-4-3-5-12(16)15(11)18-13/h3-5,8-10,14,17H,6-7H2,1-2H3. The SMILES string of the molecule is CNC(c1cc2cccc(Cl)c2o1)C(C)C1CC1. The van der Waals surface area contributed by atoms with Crippen molar-refractivity contribution in [2.24, 2.45) is 11.8 Å². The van der Waals surface area contributed by atoms with Gasteiger partial charge in [-0.1, -0.05) is 30.7 Å². The van der Waals surface area contributed by atoms with Crippen LogP contribution in [0.5, 0.6) is 0 Å². The quantitative estimate of drug-likeness (QED) is 0.885. The minimum Gasteiger partial charge on any atom is -0.458 e. The van der Waals surface area contributed by atoms with Crippen molar-refractivity contribution in [3.8, 4) is 0 Å². The number of para-hydroxylation sites is 1. The molecule has 0 saturated heterocycles. The number of halogens is 1. The third-order valence-electron chi connectivity index (χ3n) is 4.02. The minimum atomic E-state index is 0.279. The van der Waals surface area contributed by atoms with Gasteiger partial charge in [0.05, 0.1) is 11.1 Å². The molecule has 1 N–H and O–H groups in total. The molecule has 1 heterocycles. The molecule has 1 saturated carbocycles. The Hall–Kier alpha value is -0.990. The molecular weight excluding hydrogens is 246 g/mol. The van der Waals surface area contributed by atoms with E-state index in [2.05, 4.69) is 18.3 Å². The maximum absolute atomic E-state index is 6.16. The summed E-state index contributed by atoms with van der Waals surface area (Å²) in [6, 6.07) is 8.27. The lowest BCUT2D eigenvalue weighted by atomic mass is 9.95. The molecule has 0 spiro atoms. The first-order valence-electron chi connectivity index (χ1n) is 6.56. The topological polar surface area (TPSA) is 25.2 Å². The molecule has 2 aromatic rings. The van der Waals surface area contributed by atoms with E-state index >= 15 is 0 Å². The van der Waals surface area contributed by atoms with Crippen LogP contribution in [-0.4, -0.2) is 7.05 Å². The lowest BCUT2D eigenvalue weighted by Gasteiger charge is -2.21. The third-order valence-corrected chi connectivity index (χ3v) is 4.32. The average Bonchev–Trinajstić information content (AvgIpc) is 3.11. The van der Waals surface area contributed by atoms with Gasteiger partial charge in [-0.25, -0.2) is 0 Å². The van der Waals surface area contributed by atoms with E-state index in [1.165, 1.54) is 12.8 Å². The largest absolute Gasteiger partial charge is 0.458 e. The number of furan rings is 1. The summed E-state index contributed by atoms with van der Waals surface area (Å²) in [5, 5.41) is 5.15. The summed E-state index contributed by atoms with van der Waals surface area (Å²) in [5.41, 5.74) is 0.803. The Kier molecular flexibility index (Phi) is 3.08. The van der Waals surface area contributed by atoms with Gasteiger partial charge in [0.15, 0.2) is 5.58 Å². The maximum Gasteiger partial charge on any atom is 0.152 e. The molecule has 2 atom stereocenters. The molecule has 2 nitrogen and oxygen atoms in total. The second-order valence-corrected chi connectivity index (χ2v) is 5.68. The van der Waals surface area contributed by atoms with Crippen molar-refractivity contribution in [2.75, 3.05) is 7.05 Å². The molecule has 1 aromatic carbocycles. The normalized spacial score (nSPS) is 19.1. The highest BCUT2D eigenvalue weighted by Crippen LogP contribution is 2.43. The van der Waals surface area contributed by atoms with E-state index in [4.69, 9.17) is 16.0 Å². The zero-order valence-electron chi connectivity index (χ0n) is 10.7. The fraction of sp³-hybridized carbons (Fsp3) is 0.467. The Balaban J connectivity index is 1.99. The van der Waals surface area contributed by atoms with Crippen LogP contribution in [0.25, 0.3) is 11.0 Å². The van der Waals surface area contributed by atoms with Gasteiger partial charge in [0.1, 0.15) is 5.76 Å². The second-order valence-electron chi connectivity index (χ2n) is 5.27. The van der Waals surface area contributed by atoms with Crippen LogP contribution >= 0.6 is 11.6 Å². The first-order valence-corrected chi connectivity index (χ1v) is 6.93. The molecule has 2 unspecified atom stereocenters. The Bertz CT molecular complexity index is 559. The van der Waals surface area contributed by atoms with Crippen LogP contribution in [0.4, 0.5) is 0 Å². The smallest absolute Gasteiger partial charge is 0.152 e. The fourth-order valence-corrected chi connectivity index (χ4v) is 2.98. The van der Waals surface area contributed by atoms with E-state index in [9.17, 15) is 0 Å². The Morgan fingerprint density at radius 1 is 1.39 bits per heavy atom. The molecule has 1 fully saturated rings. The van der Waals surface area contributed by atoms with Crippen LogP contribution in [0.3, 0.4) is 0 Å². The average molecular weight is 264 g/mol. The monoisotopic (exact) mass is 263 g/mol. The highest BCUT2D eigenvalue weighted by atomic mass is 35.5. The Labute approximate surface area is 112 Å². The molecule has 0 radical (unpaired) electrons. The van der Waals surface area contributed by atoms with Gasteiger partial charge in [0.2, 0.25) is 0 Å². The van der Waals surface area contributed by atoms with Gasteiger partial charge in [0.25, 0.3) is 0 Å². The molecule has 3 rings (SSSR count). The molecule has 18 heavy (non-hydrogen) atoms. The second kappa shape index (κ2) is 4.60. The first kappa shape index (κ1) is 12.1. The van der Waals surface area contributed by atoms with E-state index < -0.39 is 0 Å². The Morgan fingerprint density at radius 3 is 2.78 bits per heavy atom. The minimum absolute atomic E-state index is 0.279. The van der Waals surface area contributed by atoms with Crippen molar-refractivity contribution in [1.29, 1.82) is 0 Å². The lowest BCUT2D eigenvalue weighted by molar-refractivity contribution is 0.322. The van der Waals surface area contributed by atoms with Crippen molar-refractivity contribution < 1.29 is 4.42 Å². The van der Waals surface area contributed by atoms with E-state index in [0.717, 1.165) is 22.6 Å². The van der Waals surface area contributed by atoms with Crippen molar-refractivity contribution in [3.63, 3.8) is 0 Å². The molecule has 96 valence electrons. The third kappa shape index (κ3) is 2.04. The molecule has 3 heteroatoms. The van der Waals surface area contributed by atoms with E-state index in [-0.39, 0.29) is 6.04 Å². The number of fused-ring (bicyclic) bond motifs is 1. The first-order chi connectivity index (χ1) is 8.70. The predicted molar refractivity (Wildman–Crippen MR) is 74.9 cm³/mol. The maximum atomic E-state index is 6.16. The van der Waals surface area contributed by atoms with Gasteiger partial charge in [0, 0.05) is 5.39 Å². The van der Waals surface area contributed by atoms with Gasteiger partial charge in [-0.15, -0.1) is 0 Å². The highest BCUT2D eigenvalue weighted by Gasteiger charge is 2.34. The molecule has 1 aliphatic rings. The summed E-state index contributed by atoms with van der Waals surface area (Å²) >= 11 is 6.16. The summed E-state index contributed by atoms with van der Waals surface area (Å²) in [5.74, 6) is 2.44. The molecular formula is C15H18ClNO. The van der Waals surface area contributed by atoms with Crippen molar-refractivity contribution in [2.45, 2.75) is 25.8 Å². The lowest BCUT2D eigenvalue weighted by Crippen LogP contribution is -2.24. The molecule has 0 bridgehead atoms. The number of benzene rings is 1. The number of hydrogen-bond donors (Lipinski definition) is 1. The Morgan fingerprint density at radius 2 is 2.17 bits per heavy atom. The van der Waals surface area contributed by atoms with Crippen molar-refractivity contribution >= 4 is 22.6 Å². The van der Waals surface area contributed by atoms with Crippen LogP contribution in [-0.2, 0) is 0 Å². The number of rotatable bonds is 4. The van der Waals surface area contributed by atoms with E-state index in [1.54, 1.807) is 0 Å². The van der Waals surface area contributed by atoms with Gasteiger partial charge >= 0.3 is 0 Å². The van der Waals surface area contributed by atoms with Crippen LogP contribution < -0.4 is 5.32 Å². The molecule has 1 aromatic heterocycles. The summed E-state index contributed by atoms with van der Waals surface area (Å²) < 4.78 is 5.96. The zero-order valence-corrected chi connectivity index (χ0v) is 11.5. The van der Waals surface area contributed by atoms with Gasteiger partial charge in [-0.05, 0) is 43.9 Å². The number of hydrogen-bond acceptors (Lipinski definition) is 2. The summed E-state index contributed by atoms with van der Waals surface area (Å²) in [7, 11) is 2.00. The molecule has 0 amide bonds. The van der Waals surface area contributed by atoms with Crippen molar-refractivity contribution in [1.82, 2.24) is 5.32 Å². The summed E-state index contributed by atoms with van der Waals surface area (Å²) in [6.07, 6.45) is 2.70. The van der Waals surface area contributed by atoms with E-state index in [1.807, 2.05) is 25.2 Å². The number of nitrogens with one attached hydrogen (secondary N) is 1. The zero-order chi connectivity index (χ0) is 12.7.